The first kappa shape index (κ1) is 11.9. The average molecular weight is 300 g/mol. The maximum Gasteiger partial charge on any atom is 0.226 e. The number of allylic oxidation sites excluding steroid dienone is 2. The molecule has 1 amide bonds. The zero-order valence-electron chi connectivity index (χ0n) is 9.15. The number of amides is 1. The molecule has 0 aromatic carbocycles. The van der Waals surface area contributed by atoms with Crippen LogP contribution in [0.3, 0.4) is 0 Å². The lowest BCUT2D eigenvalue weighted by atomic mass is 10.1. The van der Waals surface area contributed by atoms with Crippen LogP contribution >= 0.6 is 27.3 Å². The molecule has 0 N–H and O–H groups in total. The van der Waals surface area contributed by atoms with Gasteiger partial charge in [-0.2, -0.15) is 0 Å². The Morgan fingerprint density at radius 3 is 2.81 bits per heavy atom. The Morgan fingerprint density at radius 2 is 2.25 bits per heavy atom. The summed E-state index contributed by atoms with van der Waals surface area (Å²) in [6, 6.07) is 2.07. The maximum absolute atomic E-state index is 12.0. The van der Waals surface area contributed by atoms with Gasteiger partial charge in [-0.05, 0) is 34.8 Å². The van der Waals surface area contributed by atoms with Crippen LogP contribution in [0.4, 0.5) is 0 Å². The third-order valence-electron chi connectivity index (χ3n) is 2.75. The number of thiophene rings is 1. The van der Waals surface area contributed by atoms with E-state index in [1.165, 1.54) is 4.88 Å². The average Bonchev–Trinajstić information content (AvgIpc) is 2.88. The smallest absolute Gasteiger partial charge is 0.226 e. The Labute approximate surface area is 108 Å². The van der Waals surface area contributed by atoms with E-state index in [0.717, 1.165) is 17.3 Å². The van der Waals surface area contributed by atoms with Crippen molar-refractivity contribution in [2.24, 2.45) is 5.92 Å². The minimum atomic E-state index is 0.174. The highest BCUT2D eigenvalue weighted by atomic mass is 79.9. The Morgan fingerprint density at radius 1 is 1.56 bits per heavy atom. The van der Waals surface area contributed by atoms with Crippen molar-refractivity contribution < 1.29 is 4.79 Å². The first-order chi connectivity index (χ1) is 7.66. The molecule has 0 unspecified atom stereocenters. The lowest BCUT2D eigenvalue weighted by Crippen LogP contribution is -2.31. The van der Waals surface area contributed by atoms with Crippen LogP contribution < -0.4 is 0 Å². The predicted octanol–water partition coefficient (Wildman–Crippen LogP) is 3.44. The van der Waals surface area contributed by atoms with Crippen LogP contribution in [0.1, 0.15) is 17.7 Å². The Bertz CT molecular complexity index is 405. The molecule has 2 rings (SSSR count). The molecule has 0 fully saturated rings. The molecule has 0 saturated heterocycles. The molecule has 0 atom stereocenters. The third-order valence-corrected chi connectivity index (χ3v) is 4.43. The Balaban J connectivity index is 1.92. The van der Waals surface area contributed by atoms with Gasteiger partial charge < -0.3 is 4.90 Å². The van der Waals surface area contributed by atoms with Gasteiger partial charge in [-0.25, -0.2) is 0 Å². The molecule has 1 heterocycles. The molecule has 0 saturated carbocycles. The summed E-state index contributed by atoms with van der Waals surface area (Å²) in [4.78, 5) is 15.1. The van der Waals surface area contributed by atoms with Crippen LogP contribution in [0.25, 0.3) is 0 Å². The standard InChI is InChI=1S/C12H14BrNOS/c1-14(7-11-6-10(13)8-16-11)12(15)9-4-2-3-5-9/h2-3,6,8-9H,4-5,7H2,1H3. The van der Waals surface area contributed by atoms with E-state index >= 15 is 0 Å². The van der Waals surface area contributed by atoms with Gasteiger partial charge in [0.15, 0.2) is 0 Å². The zero-order chi connectivity index (χ0) is 11.5. The van der Waals surface area contributed by atoms with Gasteiger partial charge in [-0.1, -0.05) is 12.2 Å². The molecule has 2 nitrogen and oxygen atoms in total. The molecule has 1 aliphatic rings. The van der Waals surface area contributed by atoms with Crippen molar-refractivity contribution in [2.75, 3.05) is 7.05 Å². The van der Waals surface area contributed by atoms with Gasteiger partial charge in [0.2, 0.25) is 5.91 Å². The maximum atomic E-state index is 12.0. The summed E-state index contributed by atoms with van der Waals surface area (Å²) in [6.45, 7) is 0.714. The molecule has 16 heavy (non-hydrogen) atoms. The van der Waals surface area contributed by atoms with Crippen molar-refractivity contribution in [2.45, 2.75) is 19.4 Å². The van der Waals surface area contributed by atoms with Gasteiger partial charge in [-0.15, -0.1) is 11.3 Å². The second-order valence-electron chi connectivity index (χ2n) is 4.07. The lowest BCUT2D eigenvalue weighted by molar-refractivity contribution is -0.134. The Hall–Kier alpha value is -0.610. The van der Waals surface area contributed by atoms with Crippen molar-refractivity contribution in [1.29, 1.82) is 0 Å². The fraction of sp³-hybridized carbons (Fsp3) is 0.417. The summed E-state index contributed by atoms with van der Waals surface area (Å²) >= 11 is 5.10. The van der Waals surface area contributed by atoms with E-state index in [1.807, 2.05) is 17.3 Å². The SMILES string of the molecule is CN(Cc1cc(Br)cs1)C(=O)C1CC=CC1. The molecular weight excluding hydrogens is 286 g/mol. The number of halogens is 1. The fourth-order valence-corrected chi connectivity index (χ4v) is 3.38. The number of hydrogen-bond donors (Lipinski definition) is 0. The van der Waals surface area contributed by atoms with Crippen molar-refractivity contribution in [3.63, 3.8) is 0 Å². The van der Waals surface area contributed by atoms with Gasteiger partial charge >= 0.3 is 0 Å². The van der Waals surface area contributed by atoms with Crippen LogP contribution in [0, 0.1) is 5.92 Å². The summed E-state index contributed by atoms with van der Waals surface area (Å²) in [6.07, 6.45) is 5.99. The van der Waals surface area contributed by atoms with Crippen molar-refractivity contribution in [1.82, 2.24) is 4.90 Å². The van der Waals surface area contributed by atoms with E-state index in [0.29, 0.717) is 6.54 Å². The normalized spacial score (nSPS) is 15.6. The minimum absolute atomic E-state index is 0.174. The van der Waals surface area contributed by atoms with E-state index < -0.39 is 0 Å². The van der Waals surface area contributed by atoms with Gasteiger partial charge in [0, 0.05) is 27.7 Å². The molecule has 0 bridgehead atoms. The number of nitrogens with zero attached hydrogens (tertiary/aromatic N) is 1. The van der Waals surface area contributed by atoms with Gasteiger partial charge in [-0.3, -0.25) is 4.79 Å². The molecule has 86 valence electrons. The molecule has 0 aliphatic heterocycles. The first-order valence-electron chi connectivity index (χ1n) is 5.29. The second-order valence-corrected chi connectivity index (χ2v) is 5.98. The second kappa shape index (κ2) is 5.15. The van der Waals surface area contributed by atoms with Crippen LogP contribution in [0.15, 0.2) is 28.1 Å². The monoisotopic (exact) mass is 299 g/mol. The highest BCUT2D eigenvalue weighted by Crippen LogP contribution is 2.23. The first-order valence-corrected chi connectivity index (χ1v) is 6.97. The van der Waals surface area contributed by atoms with E-state index in [4.69, 9.17) is 0 Å². The van der Waals surface area contributed by atoms with E-state index in [9.17, 15) is 4.79 Å². The quantitative estimate of drug-likeness (QED) is 0.783. The molecule has 1 aliphatic carbocycles. The van der Waals surface area contributed by atoms with Crippen LogP contribution in [0.2, 0.25) is 0 Å². The largest absolute Gasteiger partial charge is 0.340 e. The van der Waals surface area contributed by atoms with E-state index in [1.54, 1.807) is 11.3 Å². The minimum Gasteiger partial charge on any atom is -0.340 e. The molecule has 1 aromatic heterocycles. The summed E-state index contributed by atoms with van der Waals surface area (Å²) in [5.74, 6) is 0.433. The molecular formula is C12H14BrNOS. The molecule has 0 radical (unpaired) electrons. The number of hydrogen-bond acceptors (Lipinski definition) is 2. The van der Waals surface area contributed by atoms with Gasteiger partial charge in [0.1, 0.15) is 0 Å². The predicted molar refractivity (Wildman–Crippen MR) is 70.4 cm³/mol. The summed E-state index contributed by atoms with van der Waals surface area (Å²) < 4.78 is 1.09. The van der Waals surface area contributed by atoms with Gasteiger partial charge in [0.25, 0.3) is 0 Å². The lowest BCUT2D eigenvalue weighted by Gasteiger charge is -2.20. The fourth-order valence-electron chi connectivity index (χ4n) is 1.88. The molecule has 4 heteroatoms. The van der Waals surface area contributed by atoms with Crippen LogP contribution in [-0.4, -0.2) is 17.9 Å². The number of carbonyl (C=O) groups excluding carboxylic acids is 1. The third kappa shape index (κ3) is 2.74. The van der Waals surface area contributed by atoms with Crippen LogP contribution in [0.5, 0.6) is 0 Å². The summed E-state index contributed by atoms with van der Waals surface area (Å²) in [5, 5.41) is 2.05. The highest BCUT2D eigenvalue weighted by molar-refractivity contribution is 9.10. The van der Waals surface area contributed by atoms with Crippen molar-refractivity contribution in [3.8, 4) is 0 Å². The van der Waals surface area contributed by atoms with Gasteiger partial charge in [0.05, 0.1) is 6.54 Å². The number of rotatable bonds is 3. The van der Waals surface area contributed by atoms with Crippen molar-refractivity contribution in [3.05, 3.63) is 32.9 Å². The summed E-state index contributed by atoms with van der Waals surface area (Å²) in [5.41, 5.74) is 0. The van der Waals surface area contributed by atoms with E-state index in [-0.39, 0.29) is 11.8 Å². The van der Waals surface area contributed by atoms with E-state index in [2.05, 4.69) is 34.1 Å². The number of carbonyl (C=O) groups is 1. The molecule has 1 aromatic rings. The van der Waals surface area contributed by atoms with Crippen LogP contribution in [-0.2, 0) is 11.3 Å². The zero-order valence-corrected chi connectivity index (χ0v) is 11.6. The topological polar surface area (TPSA) is 20.3 Å². The Kier molecular flexibility index (Phi) is 3.82. The summed E-state index contributed by atoms with van der Waals surface area (Å²) in [7, 11) is 1.88. The van der Waals surface area contributed by atoms with Crippen molar-refractivity contribution >= 4 is 33.2 Å². The highest BCUT2D eigenvalue weighted by Gasteiger charge is 2.22. The molecule has 0 spiro atoms.